The molecule has 4 fully saturated rings. The van der Waals surface area contributed by atoms with Gasteiger partial charge in [-0.15, -0.1) is 5.10 Å². The van der Waals surface area contributed by atoms with Crippen LogP contribution in [-0.4, -0.2) is 199 Å². The molecule has 22 heteroatoms. The van der Waals surface area contributed by atoms with Gasteiger partial charge in [-0.05, 0) is 108 Å². The molecule has 0 radical (unpaired) electrons. The summed E-state index contributed by atoms with van der Waals surface area (Å²) in [7, 11) is 3.66. The van der Waals surface area contributed by atoms with Gasteiger partial charge in [0, 0.05) is 44.2 Å². The number of cyclic esters (lactones) is 2. The number of alkyl halides is 1. The number of aliphatic hydroxyl groups excluding tert-OH is 3. The summed E-state index contributed by atoms with van der Waals surface area (Å²) in [5, 5.41) is 66.7. The van der Waals surface area contributed by atoms with Gasteiger partial charge in [-0.2, -0.15) is 0 Å². The number of likely N-dealkylation sites (N-methyl/N-ethyl adjacent to an activating group) is 2. The molecule has 68 heavy (non-hydrogen) atoms. The third-order valence-corrected chi connectivity index (χ3v) is 15.6. The van der Waals surface area contributed by atoms with Crippen LogP contribution in [0.1, 0.15) is 67.0 Å². The highest BCUT2D eigenvalue weighted by atomic mass is 127. The van der Waals surface area contributed by atoms with Crippen LogP contribution in [-0.2, 0) is 46.4 Å². The summed E-state index contributed by atoms with van der Waals surface area (Å²) < 4.78 is 50.8. The van der Waals surface area contributed by atoms with Gasteiger partial charge in [0.15, 0.2) is 10.4 Å². The number of aliphatic hydroxyl groups is 5. The lowest BCUT2D eigenvalue weighted by atomic mass is 9.78. The number of esters is 1. The van der Waals surface area contributed by atoms with Crippen molar-refractivity contribution in [2.45, 2.75) is 145 Å². The Kier molecular flexibility index (Phi) is 18.5. The second-order valence-electron chi connectivity index (χ2n) is 19.9. The molecule has 0 aliphatic carbocycles. The van der Waals surface area contributed by atoms with Gasteiger partial charge in [0.05, 0.1) is 86.9 Å². The van der Waals surface area contributed by atoms with Gasteiger partial charge in [-0.25, -0.2) is 13.9 Å². The Morgan fingerprint density at radius 3 is 2.41 bits per heavy atom. The van der Waals surface area contributed by atoms with Crippen molar-refractivity contribution in [1.29, 1.82) is 0 Å². The van der Waals surface area contributed by atoms with Crippen LogP contribution in [0.5, 0.6) is 0 Å². The van der Waals surface area contributed by atoms with Gasteiger partial charge in [-0.1, -0.05) is 19.1 Å². The highest BCUT2D eigenvalue weighted by Gasteiger charge is 2.50. The summed E-state index contributed by atoms with van der Waals surface area (Å²) in [4.78, 5) is 33.4. The number of anilines is 2. The highest BCUT2D eigenvalue weighted by Crippen LogP contribution is 2.37. The van der Waals surface area contributed by atoms with Gasteiger partial charge in [0.2, 0.25) is 0 Å². The van der Waals surface area contributed by atoms with E-state index in [4.69, 9.17) is 28.4 Å². The third kappa shape index (κ3) is 13.0. The zero-order chi connectivity index (χ0) is 49.8. The van der Waals surface area contributed by atoms with Gasteiger partial charge in [-0.3, -0.25) is 14.6 Å². The Morgan fingerprint density at radius 2 is 1.72 bits per heavy atom. The van der Waals surface area contributed by atoms with E-state index >= 15 is 4.39 Å². The van der Waals surface area contributed by atoms with Crippen LogP contribution in [0.15, 0.2) is 24.4 Å². The molecule has 1 amide bonds. The normalized spacial score (nSPS) is 37.5. The highest BCUT2D eigenvalue weighted by molar-refractivity contribution is 14.1. The molecule has 15 atom stereocenters. The van der Waals surface area contributed by atoms with E-state index in [1.165, 1.54) is 24.8 Å². The summed E-state index contributed by atoms with van der Waals surface area (Å²) in [5.41, 5.74) is -2.00. The molecule has 4 aliphatic heterocycles. The van der Waals surface area contributed by atoms with Crippen LogP contribution in [0.25, 0.3) is 0 Å². The number of benzene rings is 1. The molecular formula is C46H73FIN7O13. The number of carbonyl (C=O) groups is 2. The fraction of sp³-hybridized carbons (Fsp3) is 0.783. The number of halogens is 2. The summed E-state index contributed by atoms with van der Waals surface area (Å²) in [6.07, 6.45) is -5.36. The molecule has 0 spiro atoms. The van der Waals surface area contributed by atoms with Crippen molar-refractivity contribution in [3.8, 4) is 0 Å². The molecule has 5 heterocycles. The lowest BCUT2D eigenvalue weighted by Gasteiger charge is -2.47. The molecule has 0 saturated carbocycles. The van der Waals surface area contributed by atoms with Crippen LogP contribution >= 0.6 is 22.6 Å². The molecular weight excluding hydrogens is 1000 g/mol. The van der Waals surface area contributed by atoms with Crippen LogP contribution < -0.4 is 9.80 Å². The average Bonchev–Trinajstić information content (AvgIpc) is 3.90. The van der Waals surface area contributed by atoms with E-state index in [2.05, 4.69) is 10.3 Å². The maximum Gasteiger partial charge on any atom is 0.414 e. The fourth-order valence-electron chi connectivity index (χ4n) is 9.88. The maximum atomic E-state index is 15.1. The minimum atomic E-state index is -1.83. The molecule has 1 aromatic heterocycles. The summed E-state index contributed by atoms with van der Waals surface area (Å²) in [6, 6.07) is 3.72. The monoisotopic (exact) mass is 1080 g/mol. The molecule has 0 bridgehead atoms. The molecule has 20 nitrogen and oxygen atoms in total. The SMILES string of the molecule is C[C@H]1CN(C)[C@H](C)[C@@H](O)[C@](C)(O)[C@@H](I)OC(=O)[C@H](C)[C@@H](O)[C@H](C)[C@@H](O[C@@H]2O[C@H](C)C[C@H](N(C)CCOCc3cn(C[C@H]4CN(c5ccc(N6CCOCC6)c(F)c5)C(=O)O4)nn3)[C@H]2O)[C@](C)(O)C1. The van der Waals surface area contributed by atoms with Crippen LogP contribution in [0, 0.1) is 23.6 Å². The fourth-order valence-corrected chi connectivity index (χ4v) is 10.5. The number of carbonyl (C=O) groups excluding carboxylic acids is 2. The Morgan fingerprint density at radius 1 is 1.01 bits per heavy atom. The molecule has 5 N–H and O–H groups in total. The number of amides is 1. The Labute approximate surface area is 412 Å². The van der Waals surface area contributed by atoms with Gasteiger partial charge >= 0.3 is 12.1 Å². The summed E-state index contributed by atoms with van der Waals surface area (Å²) in [6.45, 7) is 15.7. The topological polar surface area (TPSA) is 234 Å². The molecule has 4 saturated heterocycles. The summed E-state index contributed by atoms with van der Waals surface area (Å²) in [5.74, 6) is -3.41. The third-order valence-electron chi connectivity index (χ3n) is 14.0. The second kappa shape index (κ2) is 23.1. The predicted molar refractivity (Wildman–Crippen MR) is 254 cm³/mol. The largest absolute Gasteiger partial charge is 0.448 e. The number of hydrogen-bond donors (Lipinski definition) is 5. The minimum absolute atomic E-state index is 0.145. The van der Waals surface area contributed by atoms with E-state index in [0.717, 1.165) is 0 Å². The number of aromatic nitrogens is 3. The number of rotatable bonds is 12. The van der Waals surface area contributed by atoms with Crippen molar-refractivity contribution in [2.24, 2.45) is 17.8 Å². The first-order valence-corrected chi connectivity index (χ1v) is 24.8. The smallest absolute Gasteiger partial charge is 0.414 e. The summed E-state index contributed by atoms with van der Waals surface area (Å²) >= 11 is 1.77. The van der Waals surface area contributed by atoms with Crippen LogP contribution in [0.3, 0.4) is 0 Å². The first-order chi connectivity index (χ1) is 32.0. The average molecular weight is 1080 g/mol. The van der Waals surface area contributed by atoms with E-state index < -0.39 is 93.9 Å². The predicted octanol–water partition coefficient (Wildman–Crippen LogP) is 2.14. The molecule has 1 aromatic carbocycles. The first-order valence-electron chi connectivity index (χ1n) is 23.6. The zero-order valence-electron chi connectivity index (χ0n) is 40.7. The Balaban J connectivity index is 1.03. The van der Waals surface area contributed by atoms with E-state index in [1.54, 1.807) is 73.4 Å². The molecule has 2 aromatic rings. The number of nitrogens with zero attached hydrogens (tertiary/aromatic N) is 7. The van der Waals surface area contributed by atoms with E-state index in [1.807, 2.05) is 35.6 Å². The van der Waals surface area contributed by atoms with E-state index in [0.29, 0.717) is 62.9 Å². The minimum Gasteiger partial charge on any atom is -0.448 e. The molecule has 6 rings (SSSR count). The van der Waals surface area contributed by atoms with Crippen LogP contribution in [0.4, 0.5) is 20.6 Å². The van der Waals surface area contributed by atoms with Crippen molar-refractivity contribution in [2.75, 3.05) is 76.4 Å². The lowest BCUT2D eigenvalue weighted by molar-refractivity contribution is -0.300. The maximum absolute atomic E-state index is 15.1. The quantitative estimate of drug-likeness (QED) is 0.0887. The van der Waals surface area contributed by atoms with Crippen molar-refractivity contribution in [3.63, 3.8) is 0 Å². The van der Waals surface area contributed by atoms with Gasteiger partial charge in [0.25, 0.3) is 0 Å². The van der Waals surface area contributed by atoms with Crippen LogP contribution in [0.2, 0.25) is 0 Å². The number of ether oxygens (including phenoxy) is 6. The van der Waals surface area contributed by atoms with Gasteiger partial charge < -0.3 is 63.8 Å². The second-order valence-corrected chi connectivity index (χ2v) is 21.0. The van der Waals surface area contributed by atoms with Crippen molar-refractivity contribution >= 4 is 46.0 Å². The molecule has 0 unspecified atom stereocenters. The number of morpholine rings is 1. The molecule has 4 aliphatic rings. The standard InChI is InChI=1S/C46H73FIN7O13/c1-26-20-45(6,61)40(28(3)37(56)29(4)41(59)68-43(48)46(7,62)39(58)30(5)52(9)21-26)67-42-38(57)36(18-27(2)65-42)51(8)12-15-64-25-31-22-54(50-49-31)23-33-24-55(44(60)66-33)32-10-11-35(34(47)19-32)53-13-16-63-17-14-53/h10-11,19,22,26-30,33,36-40,42-43,56-58,61-62H,12-18,20-21,23-25H2,1-9H3/t26-,27-,28+,29-,30-,33+,36+,37+,38-,39-,40-,42+,43+,45-,46+/m1/s1. The van der Waals surface area contributed by atoms with Crippen molar-refractivity contribution < 1.29 is 67.9 Å². The first kappa shape index (κ1) is 54.5. The zero-order valence-corrected chi connectivity index (χ0v) is 42.8. The lowest BCUT2D eigenvalue weighted by Crippen LogP contribution is -2.59. The Bertz CT molecular complexity index is 1980. The Hall–Kier alpha value is -2.88. The van der Waals surface area contributed by atoms with E-state index in [9.17, 15) is 35.1 Å². The molecule has 384 valence electrons. The van der Waals surface area contributed by atoms with Crippen molar-refractivity contribution in [3.05, 3.63) is 35.9 Å². The van der Waals surface area contributed by atoms with Crippen molar-refractivity contribution in [1.82, 2.24) is 24.8 Å². The number of hydrogen-bond acceptors (Lipinski definition) is 18. The van der Waals surface area contributed by atoms with Gasteiger partial charge in [0.1, 0.15) is 35.4 Å². The van der Waals surface area contributed by atoms with E-state index in [-0.39, 0.29) is 44.7 Å².